The van der Waals surface area contributed by atoms with Gasteiger partial charge >= 0.3 is 0 Å². The normalized spacial score (nSPS) is 18.4. The van der Waals surface area contributed by atoms with Gasteiger partial charge < -0.3 is 24.7 Å². The molecule has 7 heteroatoms. The van der Waals surface area contributed by atoms with Gasteiger partial charge in [0, 0.05) is 33.3 Å². The van der Waals surface area contributed by atoms with Gasteiger partial charge in [-0.15, -0.1) is 24.0 Å². The molecule has 1 aromatic rings. The first kappa shape index (κ1) is 21.2. The number of furan rings is 1. The molecule has 0 saturated carbocycles. The van der Waals surface area contributed by atoms with E-state index in [2.05, 4.69) is 27.4 Å². The minimum absolute atomic E-state index is 0. The summed E-state index contributed by atoms with van der Waals surface area (Å²) in [5.74, 6) is 2.48. The van der Waals surface area contributed by atoms with Gasteiger partial charge in [-0.05, 0) is 44.0 Å². The average molecular weight is 450 g/mol. The minimum Gasteiger partial charge on any atom is -0.467 e. The van der Waals surface area contributed by atoms with Gasteiger partial charge in [-0.25, -0.2) is 0 Å². The molecule has 0 radical (unpaired) electrons. The lowest BCUT2D eigenvalue weighted by atomic mass is 10.1. The molecule has 1 saturated heterocycles. The number of guanidine groups is 1. The first-order chi connectivity index (χ1) is 11.3. The third-order valence-corrected chi connectivity index (χ3v) is 4.18. The van der Waals surface area contributed by atoms with E-state index in [1.165, 1.54) is 19.5 Å². The maximum absolute atomic E-state index is 5.56. The van der Waals surface area contributed by atoms with Gasteiger partial charge in [-0.1, -0.05) is 6.92 Å². The van der Waals surface area contributed by atoms with E-state index in [0.717, 1.165) is 43.7 Å². The Bertz CT molecular complexity index is 453. The van der Waals surface area contributed by atoms with E-state index < -0.39 is 0 Å². The number of ether oxygens (including phenoxy) is 1. The van der Waals surface area contributed by atoms with Crippen molar-refractivity contribution in [3.8, 4) is 0 Å². The van der Waals surface area contributed by atoms with E-state index in [0.29, 0.717) is 13.2 Å². The minimum atomic E-state index is 0. The smallest absolute Gasteiger partial charge is 0.190 e. The third kappa shape index (κ3) is 7.85. The number of aliphatic imine (C=N–C) groups is 1. The molecular formula is C17H31IN4O2. The standard InChI is InChI=1S/C17H30N4O2.HI/c1-3-21-9-7-15(13-21)12-20-17(18-2)19-8-5-10-22-14-16-6-4-11-23-16;/h4,6,11,15H,3,5,7-10,12-14H2,1-2H3,(H2,18,19,20);1H. The molecule has 2 N–H and O–H groups in total. The van der Waals surface area contributed by atoms with Crippen molar-refractivity contribution < 1.29 is 9.15 Å². The van der Waals surface area contributed by atoms with Gasteiger partial charge in [0.1, 0.15) is 12.4 Å². The Balaban J connectivity index is 0.00000288. The number of hydrogen-bond donors (Lipinski definition) is 2. The second-order valence-electron chi connectivity index (χ2n) is 5.91. The Kier molecular flexibility index (Phi) is 11.1. The number of halogens is 1. The summed E-state index contributed by atoms with van der Waals surface area (Å²) in [4.78, 5) is 6.77. The molecule has 2 heterocycles. The Morgan fingerprint density at radius 1 is 1.46 bits per heavy atom. The molecule has 6 nitrogen and oxygen atoms in total. The molecule has 1 aliphatic heterocycles. The summed E-state index contributed by atoms with van der Waals surface area (Å²) < 4.78 is 10.8. The molecule has 0 aliphatic carbocycles. The summed E-state index contributed by atoms with van der Waals surface area (Å²) in [5.41, 5.74) is 0. The summed E-state index contributed by atoms with van der Waals surface area (Å²) >= 11 is 0. The van der Waals surface area contributed by atoms with Gasteiger partial charge in [0.2, 0.25) is 0 Å². The van der Waals surface area contributed by atoms with E-state index in [1.54, 1.807) is 6.26 Å². The first-order valence-corrected chi connectivity index (χ1v) is 8.58. The van der Waals surface area contributed by atoms with E-state index in [-0.39, 0.29) is 24.0 Å². The van der Waals surface area contributed by atoms with Crippen LogP contribution in [-0.2, 0) is 11.3 Å². The quantitative estimate of drug-likeness (QED) is 0.262. The van der Waals surface area contributed by atoms with Gasteiger partial charge in [0.05, 0.1) is 6.26 Å². The Labute approximate surface area is 162 Å². The highest BCUT2D eigenvalue weighted by Gasteiger charge is 2.20. The largest absolute Gasteiger partial charge is 0.467 e. The highest BCUT2D eigenvalue weighted by Crippen LogP contribution is 2.14. The van der Waals surface area contributed by atoms with Gasteiger partial charge in [0.25, 0.3) is 0 Å². The molecule has 0 amide bonds. The van der Waals surface area contributed by atoms with E-state index in [4.69, 9.17) is 9.15 Å². The molecule has 1 aromatic heterocycles. The van der Waals surface area contributed by atoms with Crippen molar-refractivity contribution in [1.82, 2.24) is 15.5 Å². The van der Waals surface area contributed by atoms with Gasteiger partial charge in [-0.3, -0.25) is 4.99 Å². The summed E-state index contributed by atoms with van der Waals surface area (Å²) in [6, 6.07) is 3.80. The summed E-state index contributed by atoms with van der Waals surface area (Å²) in [5, 5.41) is 6.76. The number of nitrogens with one attached hydrogen (secondary N) is 2. The molecule has 1 unspecified atom stereocenters. The van der Waals surface area contributed by atoms with Crippen LogP contribution >= 0.6 is 24.0 Å². The van der Waals surface area contributed by atoms with Crippen LogP contribution in [0.3, 0.4) is 0 Å². The van der Waals surface area contributed by atoms with Crippen molar-refractivity contribution in [2.45, 2.75) is 26.4 Å². The predicted molar refractivity (Wildman–Crippen MR) is 108 cm³/mol. The van der Waals surface area contributed by atoms with Crippen molar-refractivity contribution >= 4 is 29.9 Å². The van der Waals surface area contributed by atoms with E-state index >= 15 is 0 Å². The maximum Gasteiger partial charge on any atom is 0.190 e. The van der Waals surface area contributed by atoms with Crippen molar-refractivity contribution in [3.63, 3.8) is 0 Å². The molecule has 1 atom stereocenters. The van der Waals surface area contributed by atoms with Crippen molar-refractivity contribution in [1.29, 1.82) is 0 Å². The molecule has 1 fully saturated rings. The van der Waals surface area contributed by atoms with Crippen molar-refractivity contribution in [3.05, 3.63) is 24.2 Å². The second kappa shape index (κ2) is 12.5. The molecule has 2 rings (SSSR count). The van der Waals surface area contributed by atoms with Crippen LogP contribution in [0.15, 0.2) is 27.8 Å². The van der Waals surface area contributed by atoms with Crippen LogP contribution in [0.1, 0.15) is 25.5 Å². The molecular weight excluding hydrogens is 419 g/mol. The lowest BCUT2D eigenvalue weighted by molar-refractivity contribution is 0.105. The Hall–Kier alpha value is -0.800. The van der Waals surface area contributed by atoms with Gasteiger partial charge in [0.15, 0.2) is 5.96 Å². The number of rotatable bonds is 9. The second-order valence-corrected chi connectivity index (χ2v) is 5.91. The van der Waals surface area contributed by atoms with E-state index in [1.807, 2.05) is 19.2 Å². The maximum atomic E-state index is 5.56. The van der Waals surface area contributed by atoms with Crippen molar-refractivity contribution in [2.24, 2.45) is 10.9 Å². The number of likely N-dealkylation sites (tertiary alicyclic amines) is 1. The van der Waals surface area contributed by atoms with Crippen LogP contribution < -0.4 is 10.6 Å². The predicted octanol–water partition coefficient (Wildman–Crippen LogP) is 2.31. The SMILES string of the molecule is CCN1CCC(CNC(=NC)NCCCOCc2ccco2)C1.I. The van der Waals surface area contributed by atoms with Crippen LogP contribution in [0.4, 0.5) is 0 Å². The van der Waals surface area contributed by atoms with Crippen molar-refractivity contribution in [2.75, 3.05) is 46.4 Å². The summed E-state index contributed by atoms with van der Waals surface area (Å²) in [6.45, 7) is 8.89. The monoisotopic (exact) mass is 450 g/mol. The molecule has 0 spiro atoms. The fraction of sp³-hybridized carbons (Fsp3) is 0.706. The third-order valence-electron chi connectivity index (χ3n) is 4.18. The Morgan fingerprint density at radius 3 is 3.00 bits per heavy atom. The fourth-order valence-electron chi connectivity index (χ4n) is 2.78. The molecule has 0 bridgehead atoms. The molecule has 0 aromatic carbocycles. The summed E-state index contributed by atoms with van der Waals surface area (Å²) in [6.07, 6.45) is 3.88. The zero-order valence-corrected chi connectivity index (χ0v) is 17.1. The van der Waals surface area contributed by atoms with Crippen LogP contribution in [-0.4, -0.2) is 57.2 Å². The topological polar surface area (TPSA) is 62.0 Å². The van der Waals surface area contributed by atoms with Crippen LogP contribution in [0.5, 0.6) is 0 Å². The fourth-order valence-corrected chi connectivity index (χ4v) is 2.78. The van der Waals surface area contributed by atoms with Crippen LogP contribution in [0.2, 0.25) is 0 Å². The average Bonchev–Trinajstić information content (AvgIpc) is 3.25. The zero-order chi connectivity index (χ0) is 16.3. The number of nitrogens with zero attached hydrogens (tertiary/aromatic N) is 2. The lowest BCUT2D eigenvalue weighted by Crippen LogP contribution is -2.40. The highest BCUT2D eigenvalue weighted by molar-refractivity contribution is 14.0. The van der Waals surface area contributed by atoms with E-state index in [9.17, 15) is 0 Å². The molecule has 138 valence electrons. The van der Waals surface area contributed by atoms with Crippen LogP contribution in [0, 0.1) is 5.92 Å². The lowest BCUT2D eigenvalue weighted by Gasteiger charge is -2.16. The molecule has 1 aliphatic rings. The highest BCUT2D eigenvalue weighted by atomic mass is 127. The molecule has 24 heavy (non-hydrogen) atoms. The first-order valence-electron chi connectivity index (χ1n) is 8.58. The summed E-state index contributed by atoms with van der Waals surface area (Å²) in [7, 11) is 1.82. The number of hydrogen-bond acceptors (Lipinski definition) is 4. The van der Waals surface area contributed by atoms with Crippen LogP contribution in [0.25, 0.3) is 0 Å². The zero-order valence-electron chi connectivity index (χ0n) is 14.8. The van der Waals surface area contributed by atoms with Gasteiger partial charge in [-0.2, -0.15) is 0 Å². The Morgan fingerprint density at radius 2 is 2.33 bits per heavy atom.